The molecular weight excluding hydrogens is 385 g/mol. The molecule has 2 aromatic carbocycles. The molecule has 3 rings (SSSR count). The van der Waals surface area contributed by atoms with Gasteiger partial charge in [-0.05, 0) is 48.2 Å². The van der Waals surface area contributed by atoms with E-state index in [1.165, 1.54) is 30.3 Å². The lowest BCUT2D eigenvalue weighted by Gasteiger charge is -2.22. The number of rotatable bonds is 5. The van der Waals surface area contributed by atoms with Gasteiger partial charge in [-0.15, -0.1) is 0 Å². The first-order valence-electron chi connectivity index (χ1n) is 9.04. The van der Waals surface area contributed by atoms with E-state index in [9.17, 15) is 27.6 Å². The number of alkyl halides is 3. The van der Waals surface area contributed by atoms with Crippen LogP contribution < -0.4 is 10.6 Å². The lowest BCUT2D eigenvalue weighted by Crippen LogP contribution is -2.30. The van der Waals surface area contributed by atoms with Gasteiger partial charge in [0.25, 0.3) is 17.7 Å². The maximum absolute atomic E-state index is 13.1. The molecule has 1 unspecified atom stereocenters. The number of imide groups is 1. The SMILES string of the molecule is CC(C)CC(NC(=O)c1ccc2c(c1)C(=O)NC2=O)c1cccc(C(F)(F)F)c1. The summed E-state index contributed by atoms with van der Waals surface area (Å²) in [6.45, 7) is 3.80. The fraction of sp³-hybridized carbons (Fsp3) is 0.286. The Labute approximate surface area is 165 Å². The molecule has 3 amide bonds. The largest absolute Gasteiger partial charge is 0.416 e. The van der Waals surface area contributed by atoms with Crippen LogP contribution in [0.15, 0.2) is 42.5 Å². The molecule has 0 saturated carbocycles. The number of amides is 3. The third kappa shape index (κ3) is 4.47. The highest BCUT2D eigenvalue weighted by molar-refractivity contribution is 6.22. The Bertz CT molecular complexity index is 983. The van der Waals surface area contributed by atoms with E-state index in [2.05, 4.69) is 10.6 Å². The molecule has 0 spiro atoms. The quantitative estimate of drug-likeness (QED) is 0.737. The van der Waals surface area contributed by atoms with Crippen molar-refractivity contribution >= 4 is 17.7 Å². The van der Waals surface area contributed by atoms with Crippen molar-refractivity contribution < 1.29 is 27.6 Å². The molecular formula is C21H19F3N2O3. The van der Waals surface area contributed by atoms with Crippen molar-refractivity contribution in [3.05, 3.63) is 70.3 Å². The number of halogens is 3. The van der Waals surface area contributed by atoms with Gasteiger partial charge in [0.2, 0.25) is 0 Å². The molecule has 5 nitrogen and oxygen atoms in total. The third-order valence-electron chi connectivity index (χ3n) is 4.63. The minimum absolute atomic E-state index is 0.0992. The second-order valence-electron chi connectivity index (χ2n) is 7.32. The van der Waals surface area contributed by atoms with E-state index in [4.69, 9.17) is 0 Å². The first-order valence-corrected chi connectivity index (χ1v) is 9.04. The van der Waals surface area contributed by atoms with Crippen molar-refractivity contribution in [2.45, 2.75) is 32.5 Å². The van der Waals surface area contributed by atoms with Crippen LogP contribution in [0.2, 0.25) is 0 Å². The van der Waals surface area contributed by atoms with Crippen LogP contribution in [0.5, 0.6) is 0 Å². The average Bonchev–Trinajstić information content (AvgIpc) is 2.93. The van der Waals surface area contributed by atoms with Gasteiger partial charge in [-0.1, -0.05) is 26.0 Å². The van der Waals surface area contributed by atoms with Gasteiger partial charge >= 0.3 is 6.18 Å². The van der Waals surface area contributed by atoms with Crippen LogP contribution in [0, 0.1) is 5.92 Å². The molecule has 0 aliphatic carbocycles. The Morgan fingerprint density at radius 3 is 2.38 bits per heavy atom. The van der Waals surface area contributed by atoms with Gasteiger partial charge in [-0.2, -0.15) is 13.2 Å². The Morgan fingerprint density at radius 2 is 1.72 bits per heavy atom. The highest BCUT2D eigenvalue weighted by atomic mass is 19.4. The molecule has 0 radical (unpaired) electrons. The van der Waals surface area contributed by atoms with Gasteiger partial charge in [-0.25, -0.2) is 0 Å². The van der Waals surface area contributed by atoms with E-state index in [0.717, 1.165) is 12.1 Å². The van der Waals surface area contributed by atoms with E-state index >= 15 is 0 Å². The Balaban J connectivity index is 1.88. The summed E-state index contributed by atoms with van der Waals surface area (Å²) in [5, 5.41) is 4.90. The number of fused-ring (bicyclic) bond motifs is 1. The van der Waals surface area contributed by atoms with Crippen molar-refractivity contribution in [2.75, 3.05) is 0 Å². The Kier molecular flexibility index (Phi) is 5.46. The Hall–Kier alpha value is -3.16. The van der Waals surface area contributed by atoms with E-state index in [1.54, 1.807) is 0 Å². The van der Waals surface area contributed by atoms with Crippen molar-refractivity contribution in [3.63, 3.8) is 0 Å². The molecule has 152 valence electrons. The predicted molar refractivity (Wildman–Crippen MR) is 99.3 cm³/mol. The van der Waals surface area contributed by atoms with Crippen LogP contribution in [0.3, 0.4) is 0 Å². The van der Waals surface area contributed by atoms with Gasteiger partial charge < -0.3 is 5.32 Å². The maximum atomic E-state index is 13.1. The zero-order chi connectivity index (χ0) is 21.3. The number of benzene rings is 2. The minimum Gasteiger partial charge on any atom is -0.345 e. The van der Waals surface area contributed by atoms with Crippen LogP contribution in [0.4, 0.5) is 13.2 Å². The second-order valence-corrected chi connectivity index (χ2v) is 7.32. The molecule has 2 aromatic rings. The second kappa shape index (κ2) is 7.69. The van der Waals surface area contributed by atoms with Crippen LogP contribution in [0.1, 0.15) is 68.5 Å². The van der Waals surface area contributed by atoms with Crippen molar-refractivity contribution in [1.29, 1.82) is 0 Å². The third-order valence-corrected chi connectivity index (χ3v) is 4.63. The fourth-order valence-electron chi connectivity index (χ4n) is 3.23. The molecule has 0 saturated heterocycles. The van der Waals surface area contributed by atoms with Crippen LogP contribution in [0.25, 0.3) is 0 Å². The zero-order valence-electron chi connectivity index (χ0n) is 15.8. The normalized spacial score (nSPS) is 14.6. The summed E-state index contributed by atoms with van der Waals surface area (Å²) >= 11 is 0. The molecule has 1 aliphatic rings. The van der Waals surface area contributed by atoms with Gasteiger partial charge in [0.05, 0.1) is 22.7 Å². The summed E-state index contributed by atoms with van der Waals surface area (Å²) in [7, 11) is 0. The minimum atomic E-state index is -4.48. The highest BCUT2D eigenvalue weighted by Gasteiger charge is 2.32. The summed E-state index contributed by atoms with van der Waals surface area (Å²) < 4.78 is 39.2. The van der Waals surface area contributed by atoms with Crippen LogP contribution in [-0.4, -0.2) is 17.7 Å². The number of carbonyl (C=O) groups is 3. The van der Waals surface area contributed by atoms with E-state index in [0.29, 0.717) is 12.0 Å². The molecule has 0 fully saturated rings. The van der Waals surface area contributed by atoms with E-state index in [1.807, 2.05) is 13.8 Å². The monoisotopic (exact) mass is 404 g/mol. The molecule has 0 aromatic heterocycles. The maximum Gasteiger partial charge on any atom is 0.416 e. The average molecular weight is 404 g/mol. The fourth-order valence-corrected chi connectivity index (χ4v) is 3.23. The number of hydrogen-bond acceptors (Lipinski definition) is 3. The molecule has 1 atom stereocenters. The number of hydrogen-bond donors (Lipinski definition) is 2. The van der Waals surface area contributed by atoms with Crippen LogP contribution >= 0.6 is 0 Å². The highest BCUT2D eigenvalue weighted by Crippen LogP contribution is 2.32. The lowest BCUT2D eigenvalue weighted by atomic mass is 9.95. The Morgan fingerprint density at radius 1 is 1.03 bits per heavy atom. The van der Waals surface area contributed by atoms with Crippen molar-refractivity contribution in [3.8, 4) is 0 Å². The van der Waals surface area contributed by atoms with E-state index in [-0.39, 0.29) is 22.6 Å². The number of nitrogens with one attached hydrogen (secondary N) is 2. The zero-order valence-corrected chi connectivity index (χ0v) is 15.8. The summed E-state index contributed by atoms with van der Waals surface area (Å²) in [5.74, 6) is -1.55. The molecule has 1 heterocycles. The molecule has 1 aliphatic heterocycles. The summed E-state index contributed by atoms with van der Waals surface area (Å²) in [6.07, 6.45) is -4.06. The number of carbonyl (C=O) groups excluding carboxylic acids is 3. The first-order chi connectivity index (χ1) is 13.6. The van der Waals surface area contributed by atoms with Gasteiger partial charge in [0.15, 0.2) is 0 Å². The van der Waals surface area contributed by atoms with Crippen molar-refractivity contribution in [2.24, 2.45) is 5.92 Å². The van der Waals surface area contributed by atoms with Crippen molar-refractivity contribution in [1.82, 2.24) is 10.6 Å². The molecule has 2 N–H and O–H groups in total. The predicted octanol–water partition coefficient (Wildman–Crippen LogP) is 4.11. The molecule has 29 heavy (non-hydrogen) atoms. The van der Waals surface area contributed by atoms with Gasteiger partial charge in [0, 0.05) is 5.56 Å². The topological polar surface area (TPSA) is 75.3 Å². The smallest absolute Gasteiger partial charge is 0.345 e. The van der Waals surface area contributed by atoms with Gasteiger partial charge in [0.1, 0.15) is 0 Å². The lowest BCUT2D eigenvalue weighted by molar-refractivity contribution is -0.137. The molecule has 0 bridgehead atoms. The summed E-state index contributed by atoms with van der Waals surface area (Å²) in [6, 6.07) is 8.31. The summed E-state index contributed by atoms with van der Waals surface area (Å²) in [4.78, 5) is 36.2. The first kappa shape index (κ1) is 20.6. The van der Waals surface area contributed by atoms with E-state index < -0.39 is 35.5 Å². The molecule has 8 heteroatoms. The van der Waals surface area contributed by atoms with Crippen LogP contribution in [-0.2, 0) is 6.18 Å². The van der Waals surface area contributed by atoms with Gasteiger partial charge in [-0.3, -0.25) is 19.7 Å². The standard InChI is InChI=1S/C21H19F3N2O3/c1-11(2)8-17(12-4-3-5-14(9-12)21(22,23)24)25-18(27)13-6-7-15-16(10-13)20(29)26-19(15)28/h3-7,9-11,17H,8H2,1-2H3,(H,25,27)(H,26,28,29). The summed E-state index contributed by atoms with van der Waals surface area (Å²) in [5.41, 5.74) is -0.0127.